The zero-order valence-electron chi connectivity index (χ0n) is 8.03. The topological polar surface area (TPSA) is 35.5 Å². The Morgan fingerprint density at radius 1 is 1.36 bits per heavy atom. The highest BCUT2D eigenvalue weighted by Gasteiger charge is 2.10. The van der Waals surface area contributed by atoms with Crippen LogP contribution < -0.4 is 9.47 Å². The summed E-state index contributed by atoms with van der Waals surface area (Å²) in [6.07, 6.45) is 5.02. The first kappa shape index (κ1) is 10.1. The van der Waals surface area contributed by atoms with E-state index in [1.807, 2.05) is 5.92 Å². The fourth-order valence-corrected chi connectivity index (χ4v) is 1.07. The van der Waals surface area contributed by atoms with E-state index in [1.54, 1.807) is 18.2 Å². The summed E-state index contributed by atoms with van der Waals surface area (Å²) >= 11 is 0. The highest BCUT2D eigenvalue weighted by atomic mass is 16.5. The lowest BCUT2D eigenvalue weighted by Crippen LogP contribution is -1.99. The summed E-state index contributed by atoms with van der Waals surface area (Å²) in [5.74, 6) is 2.64. The maximum Gasteiger partial charge on any atom is 0.239 e. The van der Waals surface area contributed by atoms with E-state index in [0.717, 1.165) is 0 Å². The Bertz CT molecular complexity index is 388. The molecule has 0 spiro atoms. The van der Waals surface area contributed by atoms with Gasteiger partial charge in [0, 0.05) is 0 Å². The summed E-state index contributed by atoms with van der Waals surface area (Å²) in [5.41, 5.74) is 0.342. The molecule has 1 aromatic rings. The SMILES string of the molecule is C#CC(=O)c1cc(OC)ccc1OC. The third kappa shape index (κ3) is 1.86. The van der Waals surface area contributed by atoms with Crippen LogP contribution in [0, 0.1) is 12.3 Å². The van der Waals surface area contributed by atoms with E-state index in [-0.39, 0.29) is 0 Å². The molecule has 1 rings (SSSR count). The fourth-order valence-electron chi connectivity index (χ4n) is 1.07. The lowest BCUT2D eigenvalue weighted by atomic mass is 10.1. The number of hydrogen-bond donors (Lipinski definition) is 0. The number of methoxy groups -OCH3 is 2. The molecule has 0 amide bonds. The van der Waals surface area contributed by atoms with Gasteiger partial charge in [-0.05, 0) is 24.1 Å². The van der Waals surface area contributed by atoms with Crippen molar-refractivity contribution in [1.82, 2.24) is 0 Å². The summed E-state index contributed by atoms with van der Waals surface area (Å²) < 4.78 is 9.97. The molecule has 0 N–H and O–H groups in total. The molecule has 0 aliphatic rings. The first-order chi connectivity index (χ1) is 6.72. The molecule has 3 heteroatoms. The Morgan fingerprint density at radius 2 is 2.07 bits per heavy atom. The van der Waals surface area contributed by atoms with Crippen molar-refractivity contribution in [2.45, 2.75) is 0 Å². The van der Waals surface area contributed by atoms with E-state index >= 15 is 0 Å². The first-order valence-electron chi connectivity index (χ1n) is 3.96. The lowest BCUT2D eigenvalue weighted by Gasteiger charge is -2.06. The summed E-state index contributed by atoms with van der Waals surface area (Å²) in [6.45, 7) is 0. The summed E-state index contributed by atoms with van der Waals surface area (Å²) in [6, 6.07) is 4.90. The van der Waals surface area contributed by atoms with Gasteiger partial charge in [-0.1, -0.05) is 0 Å². The summed E-state index contributed by atoms with van der Waals surface area (Å²) in [5, 5.41) is 0. The van der Waals surface area contributed by atoms with Gasteiger partial charge in [-0.2, -0.15) is 0 Å². The van der Waals surface area contributed by atoms with Crippen molar-refractivity contribution in [1.29, 1.82) is 0 Å². The van der Waals surface area contributed by atoms with E-state index in [1.165, 1.54) is 14.2 Å². The van der Waals surface area contributed by atoms with Gasteiger partial charge in [0.15, 0.2) is 0 Å². The van der Waals surface area contributed by atoms with Gasteiger partial charge in [0.1, 0.15) is 11.5 Å². The predicted molar refractivity (Wildman–Crippen MR) is 52.7 cm³/mol. The molecule has 72 valence electrons. The van der Waals surface area contributed by atoms with Crippen LogP contribution in [0.2, 0.25) is 0 Å². The zero-order valence-corrected chi connectivity index (χ0v) is 8.03. The average molecular weight is 190 g/mol. The smallest absolute Gasteiger partial charge is 0.239 e. The van der Waals surface area contributed by atoms with Crippen LogP contribution in [0.4, 0.5) is 0 Å². The van der Waals surface area contributed by atoms with Gasteiger partial charge in [-0.3, -0.25) is 4.79 Å². The van der Waals surface area contributed by atoms with E-state index in [9.17, 15) is 4.79 Å². The molecule has 0 radical (unpaired) electrons. The van der Waals surface area contributed by atoms with Gasteiger partial charge in [0.25, 0.3) is 0 Å². The lowest BCUT2D eigenvalue weighted by molar-refractivity contribution is 0.105. The largest absolute Gasteiger partial charge is 0.497 e. The number of rotatable bonds is 3. The Morgan fingerprint density at radius 3 is 2.57 bits per heavy atom. The van der Waals surface area contributed by atoms with Crippen molar-refractivity contribution >= 4 is 5.78 Å². The number of terminal acetylenes is 1. The first-order valence-corrected chi connectivity index (χ1v) is 3.96. The zero-order chi connectivity index (χ0) is 10.6. The molecule has 0 unspecified atom stereocenters. The second kappa shape index (κ2) is 4.33. The van der Waals surface area contributed by atoms with Crippen LogP contribution in [-0.4, -0.2) is 20.0 Å². The number of ether oxygens (including phenoxy) is 2. The maximum absolute atomic E-state index is 11.3. The second-order valence-electron chi connectivity index (χ2n) is 2.54. The highest BCUT2D eigenvalue weighted by Crippen LogP contribution is 2.23. The van der Waals surface area contributed by atoms with Crippen molar-refractivity contribution in [2.24, 2.45) is 0 Å². The Hall–Kier alpha value is -1.95. The van der Waals surface area contributed by atoms with Gasteiger partial charge in [0.05, 0.1) is 19.8 Å². The number of Topliss-reactive ketones (excluding diaryl/α,β-unsaturated/α-hetero) is 1. The third-order valence-electron chi connectivity index (χ3n) is 1.78. The van der Waals surface area contributed by atoms with E-state index < -0.39 is 5.78 Å². The van der Waals surface area contributed by atoms with Gasteiger partial charge in [0.2, 0.25) is 5.78 Å². The van der Waals surface area contributed by atoms with E-state index in [4.69, 9.17) is 15.9 Å². The number of ketones is 1. The van der Waals surface area contributed by atoms with Crippen molar-refractivity contribution < 1.29 is 14.3 Å². The normalized spacial score (nSPS) is 8.93. The van der Waals surface area contributed by atoms with Gasteiger partial charge < -0.3 is 9.47 Å². The standard InChI is InChI=1S/C11H10O3/c1-4-10(12)9-7-8(13-2)5-6-11(9)14-3/h1,5-7H,2-3H3. The van der Waals surface area contributed by atoms with Gasteiger partial charge in [-0.25, -0.2) is 0 Å². The second-order valence-corrected chi connectivity index (χ2v) is 2.54. The fraction of sp³-hybridized carbons (Fsp3) is 0.182. The Kier molecular flexibility index (Phi) is 3.14. The minimum Gasteiger partial charge on any atom is -0.497 e. The Balaban J connectivity index is 3.23. The molecule has 0 saturated carbocycles. The molecule has 0 aromatic heterocycles. The number of carbonyl (C=O) groups is 1. The van der Waals surface area contributed by atoms with Crippen LogP contribution in [0.5, 0.6) is 11.5 Å². The van der Waals surface area contributed by atoms with Crippen molar-refractivity contribution in [2.75, 3.05) is 14.2 Å². The number of carbonyl (C=O) groups excluding carboxylic acids is 1. The predicted octanol–water partition coefficient (Wildman–Crippen LogP) is 1.52. The van der Waals surface area contributed by atoms with Crippen LogP contribution in [-0.2, 0) is 0 Å². The van der Waals surface area contributed by atoms with E-state index in [2.05, 4.69) is 0 Å². The van der Waals surface area contributed by atoms with Crippen LogP contribution in [0.3, 0.4) is 0 Å². The molecule has 0 atom stereocenters. The summed E-state index contributed by atoms with van der Waals surface area (Å²) in [4.78, 5) is 11.3. The average Bonchev–Trinajstić information content (AvgIpc) is 2.27. The Labute approximate surface area is 82.6 Å². The van der Waals surface area contributed by atoms with Crippen LogP contribution in [0.15, 0.2) is 18.2 Å². The quantitative estimate of drug-likeness (QED) is 0.412. The molecular formula is C11H10O3. The van der Waals surface area contributed by atoms with Crippen LogP contribution >= 0.6 is 0 Å². The minimum absolute atomic E-state index is 0.342. The number of benzene rings is 1. The molecule has 0 aliphatic heterocycles. The van der Waals surface area contributed by atoms with Gasteiger partial charge in [-0.15, -0.1) is 6.42 Å². The van der Waals surface area contributed by atoms with Crippen LogP contribution in [0.1, 0.15) is 10.4 Å². The van der Waals surface area contributed by atoms with E-state index in [0.29, 0.717) is 17.1 Å². The van der Waals surface area contributed by atoms with Crippen molar-refractivity contribution in [3.8, 4) is 23.8 Å². The molecule has 0 aliphatic carbocycles. The molecule has 0 fully saturated rings. The molecule has 0 heterocycles. The maximum atomic E-state index is 11.3. The molecule has 14 heavy (non-hydrogen) atoms. The van der Waals surface area contributed by atoms with Gasteiger partial charge >= 0.3 is 0 Å². The van der Waals surface area contributed by atoms with Crippen molar-refractivity contribution in [3.05, 3.63) is 23.8 Å². The molecular weight excluding hydrogens is 180 g/mol. The third-order valence-corrected chi connectivity index (χ3v) is 1.78. The minimum atomic E-state index is -0.416. The van der Waals surface area contributed by atoms with Crippen LogP contribution in [0.25, 0.3) is 0 Å². The monoisotopic (exact) mass is 190 g/mol. The highest BCUT2D eigenvalue weighted by molar-refractivity contribution is 6.10. The number of hydrogen-bond acceptors (Lipinski definition) is 3. The molecule has 0 bridgehead atoms. The molecule has 1 aromatic carbocycles. The molecule has 3 nitrogen and oxygen atoms in total. The summed E-state index contributed by atoms with van der Waals surface area (Å²) in [7, 11) is 3.00. The molecule has 0 saturated heterocycles. The van der Waals surface area contributed by atoms with Crippen molar-refractivity contribution in [3.63, 3.8) is 0 Å².